The average molecular weight is 521 g/mol. The molecule has 4 rings (SSSR count). The number of anilines is 1. The molecule has 3 aromatic rings. The summed E-state index contributed by atoms with van der Waals surface area (Å²) < 4.78 is 62.4. The predicted octanol–water partition coefficient (Wildman–Crippen LogP) is 2.19. The molecule has 1 aliphatic rings. The van der Waals surface area contributed by atoms with Gasteiger partial charge in [0.15, 0.2) is 9.84 Å². The van der Waals surface area contributed by atoms with Gasteiger partial charge in [-0.2, -0.15) is 4.31 Å². The standard InChI is InChI=1S/C22H24N4O7S2/c1-32-17-8-4-3-7-16(17)21-24-25-22(33-21)23-20(27)15-11-13-26(14-12-15)35(30,31)19-10-6-5-9-18(19)34(2,28)29/h3-10,15H,11-14H2,1-2H3,(H,23,25,27). The molecule has 2 heterocycles. The third-order valence-electron chi connectivity index (χ3n) is 5.68. The van der Waals surface area contributed by atoms with E-state index in [-0.39, 0.29) is 53.5 Å². The molecule has 1 saturated heterocycles. The molecule has 35 heavy (non-hydrogen) atoms. The number of sulfone groups is 1. The summed E-state index contributed by atoms with van der Waals surface area (Å²) in [6.45, 7) is 0.129. The van der Waals surface area contributed by atoms with Crippen molar-refractivity contribution < 1.29 is 30.8 Å². The second kappa shape index (κ2) is 9.76. The first-order valence-corrected chi connectivity index (χ1v) is 14.0. The molecule has 0 unspecified atom stereocenters. The molecule has 0 bridgehead atoms. The van der Waals surface area contributed by atoms with Gasteiger partial charge in [-0.05, 0) is 37.1 Å². The molecule has 13 heteroatoms. The lowest BCUT2D eigenvalue weighted by atomic mass is 9.97. The zero-order valence-corrected chi connectivity index (χ0v) is 20.7. The molecular formula is C22H24N4O7S2. The first-order valence-electron chi connectivity index (χ1n) is 10.7. The minimum Gasteiger partial charge on any atom is -0.496 e. The van der Waals surface area contributed by atoms with Crippen molar-refractivity contribution in [2.45, 2.75) is 22.6 Å². The van der Waals surface area contributed by atoms with E-state index >= 15 is 0 Å². The fourth-order valence-electron chi connectivity index (χ4n) is 3.88. The third-order valence-corrected chi connectivity index (χ3v) is 8.92. The van der Waals surface area contributed by atoms with Crippen LogP contribution >= 0.6 is 0 Å². The Balaban J connectivity index is 1.42. The number of carbonyl (C=O) groups is 1. The summed E-state index contributed by atoms with van der Waals surface area (Å²) in [5, 5.41) is 10.4. The molecule has 0 saturated carbocycles. The molecule has 1 N–H and O–H groups in total. The molecule has 2 aromatic carbocycles. The second-order valence-electron chi connectivity index (χ2n) is 8.00. The highest BCUT2D eigenvalue weighted by molar-refractivity contribution is 7.93. The molecule has 11 nitrogen and oxygen atoms in total. The van der Waals surface area contributed by atoms with Gasteiger partial charge in [0.05, 0.1) is 17.6 Å². The first-order chi connectivity index (χ1) is 16.6. The van der Waals surface area contributed by atoms with Crippen LogP contribution in [0.15, 0.2) is 62.7 Å². The number of hydrogen-bond donors (Lipinski definition) is 1. The van der Waals surface area contributed by atoms with E-state index in [4.69, 9.17) is 9.15 Å². The van der Waals surface area contributed by atoms with Gasteiger partial charge in [0.1, 0.15) is 10.6 Å². The van der Waals surface area contributed by atoms with Crippen molar-refractivity contribution in [2.75, 3.05) is 31.8 Å². The Morgan fingerprint density at radius 2 is 1.63 bits per heavy atom. The molecule has 0 atom stereocenters. The highest BCUT2D eigenvalue weighted by Gasteiger charge is 2.35. The number of nitrogens with zero attached hydrogens (tertiary/aromatic N) is 3. The summed E-state index contributed by atoms with van der Waals surface area (Å²) in [7, 11) is -6.27. The number of para-hydroxylation sites is 1. The van der Waals surface area contributed by atoms with Crippen LogP contribution in [0.2, 0.25) is 0 Å². The summed E-state index contributed by atoms with van der Waals surface area (Å²) in [6, 6.07) is 12.5. The topological polar surface area (TPSA) is 149 Å². The quantitative estimate of drug-likeness (QED) is 0.495. The number of ether oxygens (including phenoxy) is 1. The molecule has 0 aliphatic carbocycles. The number of carbonyl (C=O) groups excluding carboxylic acids is 1. The second-order valence-corrected chi connectivity index (χ2v) is 11.9. The van der Waals surface area contributed by atoms with Crippen molar-refractivity contribution in [1.82, 2.24) is 14.5 Å². The SMILES string of the molecule is COc1ccccc1-c1nnc(NC(=O)C2CCN(S(=O)(=O)c3ccccc3S(C)(=O)=O)CC2)o1. The van der Waals surface area contributed by atoms with Crippen LogP contribution in [0.3, 0.4) is 0 Å². The van der Waals surface area contributed by atoms with Crippen molar-refractivity contribution in [2.24, 2.45) is 5.92 Å². The van der Waals surface area contributed by atoms with E-state index in [0.717, 1.165) is 6.26 Å². The van der Waals surface area contributed by atoms with E-state index in [1.165, 1.54) is 35.7 Å². The highest BCUT2D eigenvalue weighted by Crippen LogP contribution is 2.31. The minimum atomic E-state index is -4.05. The zero-order chi connectivity index (χ0) is 25.2. The minimum absolute atomic E-state index is 0.0643. The van der Waals surface area contributed by atoms with Crippen LogP contribution in [-0.2, 0) is 24.7 Å². The highest BCUT2D eigenvalue weighted by atomic mass is 32.2. The number of hydrogen-bond acceptors (Lipinski definition) is 9. The van der Waals surface area contributed by atoms with Crippen molar-refractivity contribution >= 4 is 31.8 Å². The lowest BCUT2D eigenvalue weighted by Gasteiger charge is -2.30. The molecule has 186 valence electrons. The third kappa shape index (κ3) is 5.21. The van der Waals surface area contributed by atoms with Gasteiger partial charge in [-0.3, -0.25) is 10.1 Å². The van der Waals surface area contributed by atoms with Crippen LogP contribution in [0.4, 0.5) is 6.01 Å². The van der Waals surface area contributed by atoms with Crippen LogP contribution < -0.4 is 10.1 Å². The smallest absolute Gasteiger partial charge is 0.322 e. The van der Waals surface area contributed by atoms with Gasteiger partial charge >= 0.3 is 6.01 Å². The van der Waals surface area contributed by atoms with E-state index in [9.17, 15) is 21.6 Å². The first kappa shape index (κ1) is 24.8. The molecular weight excluding hydrogens is 496 g/mol. The lowest BCUT2D eigenvalue weighted by Crippen LogP contribution is -2.41. The number of methoxy groups -OCH3 is 1. The fraction of sp³-hybridized carbons (Fsp3) is 0.318. The largest absolute Gasteiger partial charge is 0.496 e. The number of benzene rings is 2. The lowest BCUT2D eigenvalue weighted by molar-refractivity contribution is -0.121. The molecule has 1 fully saturated rings. The van der Waals surface area contributed by atoms with E-state index in [1.807, 2.05) is 0 Å². The fourth-order valence-corrected chi connectivity index (χ4v) is 6.95. The van der Waals surface area contributed by atoms with Gasteiger partial charge in [-0.15, -0.1) is 5.10 Å². The molecule has 1 aliphatic heterocycles. The molecule has 1 aromatic heterocycles. The Morgan fingerprint density at radius 3 is 2.29 bits per heavy atom. The zero-order valence-electron chi connectivity index (χ0n) is 19.0. The summed E-state index contributed by atoms with van der Waals surface area (Å²) in [4.78, 5) is 12.2. The summed E-state index contributed by atoms with van der Waals surface area (Å²) >= 11 is 0. The molecule has 0 spiro atoms. The Morgan fingerprint density at radius 1 is 1.00 bits per heavy atom. The van der Waals surface area contributed by atoms with Crippen LogP contribution in [0.5, 0.6) is 5.75 Å². The van der Waals surface area contributed by atoms with E-state index < -0.39 is 25.8 Å². The van der Waals surface area contributed by atoms with Crippen molar-refractivity contribution in [1.29, 1.82) is 0 Å². The Hall–Kier alpha value is -3.29. The molecule has 1 amide bonds. The van der Waals surface area contributed by atoms with Gasteiger partial charge in [0, 0.05) is 25.3 Å². The number of aromatic nitrogens is 2. The van der Waals surface area contributed by atoms with Gasteiger partial charge in [0.2, 0.25) is 15.9 Å². The maximum Gasteiger partial charge on any atom is 0.322 e. The van der Waals surface area contributed by atoms with Gasteiger partial charge in [0.25, 0.3) is 5.89 Å². The Kier molecular flexibility index (Phi) is 6.92. The Labute approximate surface area is 203 Å². The van der Waals surface area contributed by atoms with Gasteiger partial charge < -0.3 is 9.15 Å². The van der Waals surface area contributed by atoms with Crippen LogP contribution in [0.1, 0.15) is 12.8 Å². The van der Waals surface area contributed by atoms with Crippen LogP contribution in [0, 0.1) is 5.92 Å². The number of sulfonamides is 1. The van der Waals surface area contributed by atoms with E-state index in [2.05, 4.69) is 15.5 Å². The van der Waals surface area contributed by atoms with Crippen LogP contribution in [0.25, 0.3) is 11.5 Å². The number of piperidine rings is 1. The predicted molar refractivity (Wildman–Crippen MR) is 126 cm³/mol. The molecule has 0 radical (unpaired) electrons. The normalized spacial score (nSPS) is 15.6. The monoisotopic (exact) mass is 520 g/mol. The van der Waals surface area contributed by atoms with Gasteiger partial charge in [-0.25, -0.2) is 16.8 Å². The van der Waals surface area contributed by atoms with Crippen LogP contribution in [-0.4, -0.2) is 63.7 Å². The number of nitrogens with one attached hydrogen (secondary N) is 1. The Bertz CT molecular complexity index is 1440. The van der Waals surface area contributed by atoms with Crippen molar-refractivity contribution in [3.05, 3.63) is 48.5 Å². The van der Waals surface area contributed by atoms with Gasteiger partial charge in [-0.1, -0.05) is 29.4 Å². The maximum absolute atomic E-state index is 13.1. The number of rotatable bonds is 7. The number of amides is 1. The average Bonchev–Trinajstić information content (AvgIpc) is 3.31. The van der Waals surface area contributed by atoms with E-state index in [1.54, 1.807) is 24.3 Å². The summed E-state index contributed by atoms with van der Waals surface area (Å²) in [5.74, 6) is -0.120. The van der Waals surface area contributed by atoms with E-state index in [0.29, 0.717) is 11.3 Å². The van der Waals surface area contributed by atoms with Crippen molar-refractivity contribution in [3.8, 4) is 17.2 Å². The summed E-state index contributed by atoms with van der Waals surface area (Å²) in [6.07, 6.45) is 1.47. The summed E-state index contributed by atoms with van der Waals surface area (Å²) in [5.41, 5.74) is 0.580. The maximum atomic E-state index is 13.1. The van der Waals surface area contributed by atoms with Crippen molar-refractivity contribution in [3.63, 3.8) is 0 Å².